The second-order valence-electron chi connectivity index (χ2n) is 4.52. The molecule has 3 N–H and O–H groups in total. The smallest absolute Gasteiger partial charge is 0.309 e. The molecule has 2 bridgehead atoms. The van der Waals surface area contributed by atoms with Crippen LogP contribution in [-0.2, 0) is 9.53 Å². The van der Waals surface area contributed by atoms with Crippen LogP contribution in [0.1, 0.15) is 19.8 Å². The molecule has 3 fully saturated rings. The normalized spacial score (nSPS) is 56.3. The van der Waals surface area contributed by atoms with Crippen molar-refractivity contribution in [3.8, 4) is 0 Å². The molecule has 0 aromatic rings. The lowest BCUT2D eigenvalue weighted by atomic mass is 9.80. The molecular weight excluding hydrogens is 172 g/mol. The minimum Gasteiger partial charge on any atom is -0.459 e. The van der Waals surface area contributed by atoms with E-state index in [0.29, 0.717) is 11.8 Å². The Morgan fingerprint density at radius 3 is 2.77 bits per heavy atom. The maximum absolute atomic E-state index is 11.2. The molecule has 0 radical (unpaired) electrons. The summed E-state index contributed by atoms with van der Waals surface area (Å²) in [5.74, 6) is 0.645. The van der Waals surface area contributed by atoms with Gasteiger partial charge in [-0.2, -0.15) is 0 Å². The lowest BCUT2D eigenvalue weighted by Gasteiger charge is -2.31. The van der Waals surface area contributed by atoms with Crippen LogP contribution in [0.2, 0.25) is 0 Å². The number of esters is 1. The van der Waals surface area contributed by atoms with Gasteiger partial charge in [0.25, 0.3) is 0 Å². The van der Waals surface area contributed by atoms with Gasteiger partial charge in [0.1, 0.15) is 11.7 Å². The molecule has 1 saturated heterocycles. The molecule has 1 aliphatic heterocycles. The molecule has 0 aromatic heterocycles. The third kappa shape index (κ3) is 0.802. The Morgan fingerprint density at radius 2 is 2.23 bits per heavy atom. The number of aliphatic hydroxyl groups is 1. The van der Waals surface area contributed by atoms with E-state index in [1.54, 1.807) is 6.92 Å². The zero-order chi connectivity index (χ0) is 8.51. The highest BCUT2D eigenvalue weighted by Crippen LogP contribution is 2.58. The Balaban J connectivity index is 0.000000653. The molecule has 5 unspecified atom stereocenters. The lowest BCUT2D eigenvalue weighted by Crippen LogP contribution is -2.43. The molecule has 74 valence electrons. The molecule has 2 aliphatic carbocycles. The van der Waals surface area contributed by atoms with Crippen molar-refractivity contribution in [2.24, 2.45) is 17.8 Å². The average molecular weight is 186 g/mol. The van der Waals surface area contributed by atoms with Crippen LogP contribution in [0.15, 0.2) is 0 Å². The molecule has 3 aliphatic rings. The van der Waals surface area contributed by atoms with Gasteiger partial charge in [-0.25, -0.2) is 0 Å². The predicted molar refractivity (Wildman–Crippen MR) is 43.8 cm³/mol. The summed E-state index contributed by atoms with van der Waals surface area (Å²) in [6.07, 6.45) is 1.62. The van der Waals surface area contributed by atoms with Gasteiger partial charge in [0, 0.05) is 5.92 Å². The number of carbonyl (C=O) groups is 1. The zero-order valence-electron chi connectivity index (χ0n) is 7.49. The number of hydrogen-bond donors (Lipinski definition) is 1. The van der Waals surface area contributed by atoms with Gasteiger partial charge in [-0.15, -0.1) is 0 Å². The van der Waals surface area contributed by atoms with Crippen molar-refractivity contribution in [1.29, 1.82) is 0 Å². The van der Waals surface area contributed by atoms with E-state index in [4.69, 9.17) is 4.74 Å². The standard InChI is InChI=1S/C9H12O3.H2O/c1-9(11)4-2-5-6(3-4)8(10)12-7(5)9;/h4-7,11H,2-3H2,1H3;1H2. The largest absolute Gasteiger partial charge is 0.459 e. The van der Waals surface area contributed by atoms with Crippen LogP contribution < -0.4 is 0 Å². The molecule has 4 heteroatoms. The number of carbonyl (C=O) groups excluding carboxylic acids is 1. The summed E-state index contributed by atoms with van der Waals surface area (Å²) >= 11 is 0. The Labute approximate surface area is 76.2 Å². The minimum atomic E-state index is -0.743. The highest BCUT2D eigenvalue weighted by molar-refractivity contribution is 5.77. The number of ether oxygens (including phenoxy) is 1. The molecule has 5 atom stereocenters. The predicted octanol–water partition coefficient (Wildman–Crippen LogP) is -0.506. The lowest BCUT2D eigenvalue weighted by molar-refractivity contribution is -0.150. The van der Waals surface area contributed by atoms with E-state index in [0.717, 1.165) is 12.8 Å². The first-order valence-electron chi connectivity index (χ1n) is 4.53. The molecule has 3 rings (SSSR count). The van der Waals surface area contributed by atoms with Crippen LogP contribution in [0, 0.1) is 17.8 Å². The fourth-order valence-electron chi connectivity index (χ4n) is 3.24. The summed E-state index contributed by atoms with van der Waals surface area (Å²) < 4.78 is 5.17. The van der Waals surface area contributed by atoms with Crippen LogP contribution in [0.25, 0.3) is 0 Å². The van der Waals surface area contributed by atoms with Gasteiger partial charge in [-0.05, 0) is 25.7 Å². The van der Waals surface area contributed by atoms with Crippen LogP contribution in [0.3, 0.4) is 0 Å². The van der Waals surface area contributed by atoms with Crippen molar-refractivity contribution in [3.63, 3.8) is 0 Å². The van der Waals surface area contributed by atoms with Crippen LogP contribution in [-0.4, -0.2) is 28.3 Å². The summed E-state index contributed by atoms with van der Waals surface area (Å²) in [6, 6.07) is 0. The summed E-state index contributed by atoms with van der Waals surface area (Å²) in [6.45, 7) is 1.80. The van der Waals surface area contributed by atoms with E-state index in [9.17, 15) is 9.90 Å². The Morgan fingerprint density at radius 1 is 1.54 bits per heavy atom. The van der Waals surface area contributed by atoms with E-state index in [1.807, 2.05) is 0 Å². The van der Waals surface area contributed by atoms with E-state index >= 15 is 0 Å². The third-order valence-electron chi connectivity index (χ3n) is 3.95. The van der Waals surface area contributed by atoms with Gasteiger partial charge < -0.3 is 15.3 Å². The average Bonchev–Trinajstić information content (AvgIpc) is 2.53. The first kappa shape index (κ1) is 8.97. The third-order valence-corrected chi connectivity index (χ3v) is 3.95. The van der Waals surface area contributed by atoms with E-state index in [2.05, 4.69) is 0 Å². The molecule has 13 heavy (non-hydrogen) atoms. The van der Waals surface area contributed by atoms with Crippen LogP contribution in [0.5, 0.6) is 0 Å². The fraction of sp³-hybridized carbons (Fsp3) is 0.889. The zero-order valence-corrected chi connectivity index (χ0v) is 7.49. The van der Waals surface area contributed by atoms with Gasteiger partial charge in [-0.1, -0.05) is 0 Å². The number of rotatable bonds is 0. The second-order valence-corrected chi connectivity index (χ2v) is 4.52. The molecule has 0 aromatic carbocycles. The van der Waals surface area contributed by atoms with Crippen molar-refractivity contribution in [2.45, 2.75) is 31.5 Å². The fourth-order valence-corrected chi connectivity index (χ4v) is 3.24. The highest BCUT2D eigenvalue weighted by Gasteiger charge is 2.66. The SMILES string of the molecule is CC1(O)C2CC3C(=O)OC1C3C2.O. The van der Waals surface area contributed by atoms with E-state index in [-0.39, 0.29) is 23.5 Å². The summed E-state index contributed by atoms with van der Waals surface area (Å²) in [5.41, 5.74) is -0.743. The monoisotopic (exact) mass is 186 g/mol. The van der Waals surface area contributed by atoms with Gasteiger partial charge in [0.15, 0.2) is 0 Å². The molecule has 2 saturated carbocycles. The summed E-state index contributed by atoms with van der Waals surface area (Å²) in [4.78, 5) is 11.2. The van der Waals surface area contributed by atoms with Gasteiger partial charge in [0.05, 0.1) is 5.92 Å². The van der Waals surface area contributed by atoms with Gasteiger partial charge >= 0.3 is 5.97 Å². The summed E-state index contributed by atoms with van der Waals surface area (Å²) in [7, 11) is 0. The molecule has 1 heterocycles. The topological polar surface area (TPSA) is 78.0 Å². The first-order chi connectivity index (χ1) is 5.60. The first-order valence-corrected chi connectivity index (χ1v) is 4.53. The molecule has 0 amide bonds. The molecule has 0 spiro atoms. The summed E-state index contributed by atoms with van der Waals surface area (Å²) in [5, 5.41) is 10.0. The Hall–Kier alpha value is -0.610. The van der Waals surface area contributed by atoms with Gasteiger partial charge in [-0.3, -0.25) is 4.79 Å². The van der Waals surface area contributed by atoms with Crippen molar-refractivity contribution < 1.29 is 20.1 Å². The quantitative estimate of drug-likeness (QED) is 0.518. The maximum atomic E-state index is 11.2. The van der Waals surface area contributed by atoms with E-state index in [1.165, 1.54) is 0 Å². The van der Waals surface area contributed by atoms with E-state index < -0.39 is 5.60 Å². The van der Waals surface area contributed by atoms with Crippen molar-refractivity contribution in [2.75, 3.05) is 0 Å². The second kappa shape index (κ2) is 2.25. The maximum Gasteiger partial charge on any atom is 0.309 e. The van der Waals surface area contributed by atoms with Crippen molar-refractivity contribution >= 4 is 5.97 Å². The van der Waals surface area contributed by atoms with Crippen molar-refractivity contribution in [1.82, 2.24) is 0 Å². The van der Waals surface area contributed by atoms with Gasteiger partial charge in [0.2, 0.25) is 0 Å². The Kier molecular flexibility index (Phi) is 1.55. The van der Waals surface area contributed by atoms with Crippen LogP contribution in [0.4, 0.5) is 0 Å². The van der Waals surface area contributed by atoms with Crippen LogP contribution >= 0.6 is 0 Å². The Bertz CT molecular complexity index is 260. The highest BCUT2D eigenvalue weighted by atomic mass is 16.6. The molecule has 4 nitrogen and oxygen atoms in total. The molecular formula is C9H14O4. The van der Waals surface area contributed by atoms with Crippen molar-refractivity contribution in [3.05, 3.63) is 0 Å². The number of fused-ring (bicyclic) bond motifs is 1. The number of hydrogen-bond acceptors (Lipinski definition) is 3. The minimum absolute atomic E-state index is 0.